The highest BCUT2D eigenvalue weighted by atomic mass is 32.1. The molecule has 2 aromatic heterocycles. The zero-order valence-electron chi connectivity index (χ0n) is 8.55. The van der Waals surface area contributed by atoms with Crippen molar-refractivity contribution in [2.75, 3.05) is 0 Å². The van der Waals surface area contributed by atoms with E-state index in [1.165, 1.54) is 0 Å². The molecule has 0 bridgehead atoms. The van der Waals surface area contributed by atoms with Crippen LogP contribution in [-0.4, -0.2) is 5.11 Å². The summed E-state index contributed by atoms with van der Waals surface area (Å²) in [5, 5.41) is 3.22. The minimum atomic E-state index is -0.0985. The highest BCUT2D eigenvalue weighted by Gasteiger charge is 2.16. The van der Waals surface area contributed by atoms with Crippen molar-refractivity contribution >= 4 is 17.3 Å². The van der Waals surface area contributed by atoms with Gasteiger partial charge in [0.2, 0.25) is 0 Å². The first-order valence-electron chi connectivity index (χ1n) is 4.87. The Hall–Kier alpha value is -1.75. The Morgan fingerprint density at radius 3 is 2.62 bits per heavy atom. The lowest BCUT2D eigenvalue weighted by Crippen LogP contribution is -2.33. The molecule has 2 heterocycles. The van der Waals surface area contributed by atoms with Crippen LogP contribution in [0.1, 0.15) is 17.6 Å². The Morgan fingerprint density at radius 1 is 1.31 bits per heavy atom. The van der Waals surface area contributed by atoms with Crippen LogP contribution < -0.4 is 11.1 Å². The maximum Gasteiger partial charge on any atom is 0.164 e. The average Bonchev–Trinajstić information content (AvgIpc) is 2.88. The molecule has 2 aromatic rings. The van der Waals surface area contributed by atoms with Crippen molar-refractivity contribution in [2.45, 2.75) is 12.5 Å². The van der Waals surface area contributed by atoms with Crippen molar-refractivity contribution in [1.82, 2.24) is 5.32 Å². The lowest BCUT2D eigenvalue weighted by molar-refractivity contribution is 0.415. The minimum Gasteiger partial charge on any atom is -0.469 e. The first-order chi connectivity index (χ1) is 7.75. The molecule has 0 aliphatic carbocycles. The Morgan fingerprint density at radius 2 is 2.06 bits per heavy atom. The topological polar surface area (TPSA) is 64.3 Å². The third-order valence-corrected chi connectivity index (χ3v) is 2.31. The number of hydrogen-bond acceptors (Lipinski definition) is 3. The molecule has 0 radical (unpaired) electrons. The molecule has 3 N–H and O–H groups in total. The molecule has 16 heavy (non-hydrogen) atoms. The van der Waals surface area contributed by atoms with Gasteiger partial charge in [0, 0.05) is 6.42 Å². The van der Waals surface area contributed by atoms with Gasteiger partial charge in [-0.05, 0) is 36.5 Å². The van der Waals surface area contributed by atoms with Gasteiger partial charge in [0.15, 0.2) is 5.11 Å². The van der Waals surface area contributed by atoms with Crippen LogP contribution in [-0.2, 0) is 6.42 Å². The molecule has 0 amide bonds. The van der Waals surface area contributed by atoms with E-state index >= 15 is 0 Å². The number of nitrogens with two attached hydrogens (primary N) is 1. The van der Waals surface area contributed by atoms with Crippen molar-refractivity contribution in [3.63, 3.8) is 0 Å². The largest absolute Gasteiger partial charge is 0.469 e. The summed E-state index contributed by atoms with van der Waals surface area (Å²) in [7, 11) is 0. The van der Waals surface area contributed by atoms with Gasteiger partial charge in [0.1, 0.15) is 11.5 Å². The van der Waals surface area contributed by atoms with E-state index in [1.807, 2.05) is 24.3 Å². The van der Waals surface area contributed by atoms with Gasteiger partial charge >= 0.3 is 0 Å². The molecule has 0 saturated heterocycles. The fraction of sp³-hybridized carbons (Fsp3) is 0.182. The smallest absolute Gasteiger partial charge is 0.164 e. The number of hydrogen-bond donors (Lipinski definition) is 2. The van der Waals surface area contributed by atoms with Crippen LogP contribution in [0.4, 0.5) is 0 Å². The molecule has 5 heteroatoms. The molecule has 1 atom stereocenters. The maximum absolute atomic E-state index is 5.48. The standard InChI is InChI=1S/C11H12N2O2S/c12-11(16)13-9(10-4-2-6-15-10)7-8-3-1-5-14-8/h1-6,9H,7H2,(H3,12,13,16). The summed E-state index contributed by atoms with van der Waals surface area (Å²) in [4.78, 5) is 0. The van der Waals surface area contributed by atoms with Crippen molar-refractivity contribution in [3.8, 4) is 0 Å². The molecule has 0 aliphatic heterocycles. The second-order valence-corrected chi connectivity index (χ2v) is 3.80. The van der Waals surface area contributed by atoms with E-state index in [-0.39, 0.29) is 11.2 Å². The first-order valence-corrected chi connectivity index (χ1v) is 5.28. The van der Waals surface area contributed by atoms with Gasteiger partial charge in [0.25, 0.3) is 0 Å². The second kappa shape index (κ2) is 4.85. The zero-order chi connectivity index (χ0) is 11.4. The molecular formula is C11H12N2O2S. The molecule has 4 nitrogen and oxygen atoms in total. The monoisotopic (exact) mass is 236 g/mol. The minimum absolute atomic E-state index is 0.0985. The number of thiocarbonyl (C=S) groups is 1. The number of furan rings is 2. The quantitative estimate of drug-likeness (QED) is 0.795. The van der Waals surface area contributed by atoms with Gasteiger partial charge in [-0.2, -0.15) is 0 Å². The van der Waals surface area contributed by atoms with E-state index in [9.17, 15) is 0 Å². The Balaban J connectivity index is 2.12. The van der Waals surface area contributed by atoms with Gasteiger partial charge < -0.3 is 19.9 Å². The summed E-state index contributed by atoms with van der Waals surface area (Å²) in [6.45, 7) is 0. The molecule has 84 valence electrons. The summed E-state index contributed by atoms with van der Waals surface area (Å²) in [5.74, 6) is 1.63. The zero-order valence-corrected chi connectivity index (χ0v) is 9.37. The molecule has 0 saturated carbocycles. The first kappa shape index (κ1) is 10.8. The fourth-order valence-corrected chi connectivity index (χ4v) is 1.66. The summed E-state index contributed by atoms with van der Waals surface area (Å²) in [6, 6.07) is 7.34. The van der Waals surface area contributed by atoms with Gasteiger partial charge in [0.05, 0.1) is 18.6 Å². The molecule has 0 aliphatic rings. The molecule has 0 spiro atoms. The summed E-state index contributed by atoms with van der Waals surface area (Å²) >= 11 is 4.84. The van der Waals surface area contributed by atoms with E-state index in [0.717, 1.165) is 11.5 Å². The van der Waals surface area contributed by atoms with E-state index in [2.05, 4.69) is 5.32 Å². The van der Waals surface area contributed by atoms with Gasteiger partial charge in [-0.1, -0.05) is 0 Å². The van der Waals surface area contributed by atoms with Crippen LogP contribution in [0.5, 0.6) is 0 Å². The van der Waals surface area contributed by atoms with Gasteiger partial charge in [-0.15, -0.1) is 0 Å². The van der Waals surface area contributed by atoms with E-state index in [1.54, 1.807) is 12.5 Å². The van der Waals surface area contributed by atoms with Crippen LogP contribution in [0.3, 0.4) is 0 Å². The third-order valence-electron chi connectivity index (χ3n) is 2.19. The Kier molecular flexibility index (Phi) is 3.26. The molecular weight excluding hydrogens is 224 g/mol. The van der Waals surface area contributed by atoms with Crippen LogP contribution >= 0.6 is 12.2 Å². The highest BCUT2D eigenvalue weighted by molar-refractivity contribution is 7.80. The summed E-state index contributed by atoms with van der Waals surface area (Å²) in [6.07, 6.45) is 3.89. The van der Waals surface area contributed by atoms with Crippen molar-refractivity contribution in [2.24, 2.45) is 5.73 Å². The number of nitrogens with one attached hydrogen (secondary N) is 1. The van der Waals surface area contributed by atoms with E-state index in [4.69, 9.17) is 26.8 Å². The van der Waals surface area contributed by atoms with Crippen LogP contribution in [0.25, 0.3) is 0 Å². The van der Waals surface area contributed by atoms with Crippen molar-refractivity contribution in [1.29, 1.82) is 0 Å². The van der Waals surface area contributed by atoms with Crippen LogP contribution in [0.15, 0.2) is 45.6 Å². The Labute approximate surface area is 98.4 Å². The number of rotatable bonds is 4. The Bertz CT molecular complexity index is 437. The average molecular weight is 236 g/mol. The third kappa shape index (κ3) is 2.64. The highest BCUT2D eigenvalue weighted by Crippen LogP contribution is 2.19. The normalized spacial score (nSPS) is 12.2. The molecule has 0 fully saturated rings. The van der Waals surface area contributed by atoms with Crippen LogP contribution in [0, 0.1) is 0 Å². The fourth-order valence-electron chi connectivity index (χ4n) is 1.51. The molecule has 2 rings (SSSR count). The van der Waals surface area contributed by atoms with Crippen molar-refractivity contribution < 1.29 is 8.83 Å². The second-order valence-electron chi connectivity index (χ2n) is 3.36. The predicted molar refractivity (Wildman–Crippen MR) is 63.8 cm³/mol. The van der Waals surface area contributed by atoms with E-state index in [0.29, 0.717) is 6.42 Å². The molecule has 1 unspecified atom stereocenters. The molecule has 0 aromatic carbocycles. The summed E-state index contributed by atoms with van der Waals surface area (Å²) < 4.78 is 10.6. The maximum atomic E-state index is 5.48. The summed E-state index contributed by atoms with van der Waals surface area (Å²) in [5.41, 5.74) is 5.48. The van der Waals surface area contributed by atoms with Gasteiger partial charge in [-0.3, -0.25) is 0 Å². The van der Waals surface area contributed by atoms with Crippen molar-refractivity contribution in [3.05, 3.63) is 48.3 Å². The lowest BCUT2D eigenvalue weighted by atomic mass is 10.1. The van der Waals surface area contributed by atoms with Gasteiger partial charge in [-0.25, -0.2) is 0 Å². The van der Waals surface area contributed by atoms with Crippen LogP contribution in [0.2, 0.25) is 0 Å². The predicted octanol–water partition coefficient (Wildman–Crippen LogP) is 1.99. The van der Waals surface area contributed by atoms with E-state index < -0.39 is 0 Å². The lowest BCUT2D eigenvalue weighted by Gasteiger charge is -2.15. The SMILES string of the molecule is NC(=S)NC(Cc1ccco1)c1ccco1.